The number of hydrogen-bond acceptors (Lipinski definition) is 8. The number of hydrogen-bond donors (Lipinski definition) is 3. The quantitative estimate of drug-likeness (QED) is 0.638. The van der Waals surface area contributed by atoms with Crippen molar-refractivity contribution < 1.29 is 19.7 Å². The Morgan fingerprint density at radius 2 is 2.15 bits per heavy atom. The lowest BCUT2D eigenvalue weighted by molar-refractivity contribution is -0.0760. The van der Waals surface area contributed by atoms with E-state index in [1.165, 1.54) is 11.7 Å². The zero-order valence-electron chi connectivity index (χ0n) is 15.4. The number of imidazole rings is 1. The van der Waals surface area contributed by atoms with Crippen molar-refractivity contribution in [2.75, 3.05) is 12.8 Å². The Morgan fingerprint density at radius 3 is 2.78 bits per heavy atom. The number of aliphatic hydroxyl groups is 2. The second-order valence-corrected chi connectivity index (χ2v) is 7.31. The molecule has 4 atom stereocenters. The molecule has 4 rings (SSSR count). The van der Waals surface area contributed by atoms with Crippen molar-refractivity contribution in [1.82, 2.24) is 19.1 Å². The molecule has 2 aromatic heterocycles. The van der Waals surface area contributed by atoms with Gasteiger partial charge in [0.2, 0.25) is 11.8 Å². The second-order valence-electron chi connectivity index (χ2n) is 7.31. The van der Waals surface area contributed by atoms with E-state index in [0.29, 0.717) is 24.4 Å². The van der Waals surface area contributed by atoms with Crippen molar-refractivity contribution in [3.63, 3.8) is 0 Å². The molecule has 0 radical (unpaired) electrons. The summed E-state index contributed by atoms with van der Waals surface area (Å²) in [4.78, 5) is 21.5. The van der Waals surface area contributed by atoms with Gasteiger partial charge in [-0.2, -0.15) is 9.97 Å². The van der Waals surface area contributed by atoms with Crippen LogP contribution in [0.15, 0.2) is 4.79 Å². The Hall–Kier alpha value is -2.17. The molecule has 1 saturated carbocycles. The number of ether oxygens (including phenoxy) is 2. The standard InChI is InChI=1S/C17H25N5O5/c1-3-9(23)11-6-10(24)15(27-11)22-13-12(14(26-2)20-16(18)19-13)21(17(22)25)7-8-4-5-8/h8-11,15,23-24H,3-7H2,1-2H3,(H2,18,19,20)/t9-,10+,11-,15+/m0/s1. The van der Waals surface area contributed by atoms with Crippen LogP contribution in [0.4, 0.5) is 5.95 Å². The summed E-state index contributed by atoms with van der Waals surface area (Å²) in [5, 5.41) is 20.6. The molecular formula is C17H25N5O5. The maximum Gasteiger partial charge on any atom is 0.332 e. The van der Waals surface area contributed by atoms with Gasteiger partial charge in [-0.1, -0.05) is 6.92 Å². The van der Waals surface area contributed by atoms with Crippen molar-refractivity contribution in [2.24, 2.45) is 5.92 Å². The second kappa shape index (κ2) is 6.77. The molecule has 1 saturated heterocycles. The molecule has 0 amide bonds. The summed E-state index contributed by atoms with van der Waals surface area (Å²) >= 11 is 0. The SMILES string of the molecule is CC[C@H](O)[C@@H]1C[C@@H](O)[C@H](n2c(=O)n(CC3CC3)c3c(OC)nc(N)nc32)O1. The number of rotatable bonds is 6. The van der Waals surface area contributed by atoms with Crippen molar-refractivity contribution in [2.45, 2.75) is 63.7 Å². The largest absolute Gasteiger partial charge is 0.479 e. The van der Waals surface area contributed by atoms with Crippen LogP contribution in [-0.4, -0.2) is 54.7 Å². The van der Waals surface area contributed by atoms with Gasteiger partial charge in [-0.25, -0.2) is 9.36 Å². The van der Waals surface area contributed by atoms with Gasteiger partial charge >= 0.3 is 5.69 Å². The van der Waals surface area contributed by atoms with E-state index in [-0.39, 0.29) is 29.6 Å². The molecule has 1 aliphatic carbocycles. The fourth-order valence-corrected chi connectivity index (χ4v) is 3.68. The highest BCUT2D eigenvalue weighted by molar-refractivity contribution is 5.78. The maximum atomic E-state index is 13.2. The minimum Gasteiger partial charge on any atom is -0.479 e. The van der Waals surface area contributed by atoms with Crippen LogP contribution >= 0.6 is 0 Å². The summed E-state index contributed by atoms with van der Waals surface area (Å²) in [6.45, 7) is 2.36. The molecule has 1 aliphatic heterocycles. The van der Waals surface area contributed by atoms with Crippen LogP contribution in [0.3, 0.4) is 0 Å². The molecule has 0 bridgehead atoms. The topological polar surface area (TPSA) is 138 Å². The molecule has 10 heteroatoms. The lowest BCUT2D eigenvalue weighted by atomic mass is 10.1. The van der Waals surface area contributed by atoms with Gasteiger partial charge in [0.1, 0.15) is 6.10 Å². The van der Waals surface area contributed by atoms with E-state index in [9.17, 15) is 15.0 Å². The predicted molar refractivity (Wildman–Crippen MR) is 96.3 cm³/mol. The number of nitrogen functional groups attached to an aromatic ring is 1. The summed E-state index contributed by atoms with van der Waals surface area (Å²) in [7, 11) is 1.46. The van der Waals surface area contributed by atoms with Crippen LogP contribution in [0.2, 0.25) is 0 Å². The number of nitrogens with zero attached hydrogens (tertiary/aromatic N) is 4. The number of fused-ring (bicyclic) bond motifs is 1. The van der Waals surface area contributed by atoms with Crippen LogP contribution in [0.1, 0.15) is 38.8 Å². The van der Waals surface area contributed by atoms with E-state index in [0.717, 1.165) is 12.8 Å². The Balaban J connectivity index is 1.86. The van der Waals surface area contributed by atoms with Gasteiger partial charge in [-0.15, -0.1) is 0 Å². The first-order chi connectivity index (χ1) is 12.9. The third kappa shape index (κ3) is 3.07. The summed E-state index contributed by atoms with van der Waals surface area (Å²) in [6.07, 6.45) is -0.319. The zero-order valence-corrected chi connectivity index (χ0v) is 15.4. The van der Waals surface area contributed by atoms with Gasteiger partial charge in [-0.05, 0) is 25.2 Å². The first kappa shape index (κ1) is 18.2. The van der Waals surface area contributed by atoms with Crippen molar-refractivity contribution >= 4 is 17.1 Å². The molecule has 0 unspecified atom stereocenters. The fourth-order valence-electron chi connectivity index (χ4n) is 3.68. The molecule has 148 valence electrons. The normalized spacial score (nSPS) is 26.6. The predicted octanol–water partition coefficient (Wildman–Crippen LogP) is 0.0131. The molecule has 10 nitrogen and oxygen atoms in total. The first-order valence-corrected chi connectivity index (χ1v) is 9.28. The van der Waals surface area contributed by atoms with Crippen LogP contribution in [0.25, 0.3) is 11.2 Å². The van der Waals surface area contributed by atoms with Crippen molar-refractivity contribution in [1.29, 1.82) is 0 Å². The highest BCUT2D eigenvalue weighted by atomic mass is 16.5. The smallest absolute Gasteiger partial charge is 0.332 e. The number of aliphatic hydroxyl groups excluding tert-OH is 2. The fraction of sp³-hybridized carbons (Fsp3) is 0.706. The molecule has 27 heavy (non-hydrogen) atoms. The highest BCUT2D eigenvalue weighted by Gasteiger charge is 2.41. The summed E-state index contributed by atoms with van der Waals surface area (Å²) < 4.78 is 14.1. The molecule has 2 fully saturated rings. The van der Waals surface area contributed by atoms with E-state index in [2.05, 4.69) is 9.97 Å². The van der Waals surface area contributed by atoms with Crippen LogP contribution in [0, 0.1) is 5.92 Å². The van der Waals surface area contributed by atoms with Gasteiger partial charge in [-0.3, -0.25) is 4.57 Å². The minimum atomic E-state index is -0.953. The Kier molecular flexibility index (Phi) is 4.57. The molecule has 2 aromatic rings. The van der Waals surface area contributed by atoms with Gasteiger partial charge in [0.05, 0.1) is 19.3 Å². The average Bonchev–Trinajstić information content (AvgIpc) is 3.33. The monoisotopic (exact) mass is 379 g/mol. The number of aromatic nitrogens is 4. The summed E-state index contributed by atoms with van der Waals surface area (Å²) in [6, 6.07) is 0. The van der Waals surface area contributed by atoms with E-state index < -0.39 is 24.5 Å². The number of methoxy groups -OCH3 is 1. The number of anilines is 1. The van der Waals surface area contributed by atoms with Crippen molar-refractivity contribution in [3.05, 3.63) is 10.5 Å². The lowest BCUT2D eigenvalue weighted by Crippen LogP contribution is -2.32. The zero-order chi connectivity index (χ0) is 19.3. The van der Waals surface area contributed by atoms with E-state index in [1.807, 2.05) is 6.92 Å². The van der Waals surface area contributed by atoms with Crippen LogP contribution in [0.5, 0.6) is 5.88 Å². The first-order valence-electron chi connectivity index (χ1n) is 9.28. The molecule has 3 heterocycles. The summed E-state index contributed by atoms with van der Waals surface area (Å²) in [5.41, 5.74) is 6.15. The Bertz CT molecular complexity index is 905. The van der Waals surface area contributed by atoms with E-state index in [4.69, 9.17) is 15.2 Å². The molecular weight excluding hydrogens is 354 g/mol. The third-order valence-corrected chi connectivity index (χ3v) is 5.34. The van der Waals surface area contributed by atoms with Gasteiger partial charge in [0, 0.05) is 13.0 Å². The summed E-state index contributed by atoms with van der Waals surface area (Å²) in [5.74, 6) is 0.606. The third-order valence-electron chi connectivity index (χ3n) is 5.34. The van der Waals surface area contributed by atoms with Crippen LogP contribution < -0.4 is 16.2 Å². The van der Waals surface area contributed by atoms with Crippen LogP contribution in [-0.2, 0) is 11.3 Å². The van der Waals surface area contributed by atoms with E-state index >= 15 is 0 Å². The molecule has 4 N–H and O–H groups in total. The molecule has 0 spiro atoms. The molecule has 2 aliphatic rings. The maximum absolute atomic E-state index is 13.2. The Morgan fingerprint density at radius 1 is 1.41 bits per heavy atom. The average molecular weight is 379 g/mol. The molecule has 0 aromatic carbocycles. The lowest BCUT2D eigenvalue weighted by Gasteiger charge is -2.18. The van der Waals surface area contributed by atoms with Crippen molar-refractivity contribution in [3.8, 4) is 5.88 Å². The minimum absolute atomic E-state index is 0.0331. The van der Waals surface area contributed by atoms with Gasteiger partial charge in [0.25, 0.3) is 0 Å². The number of nitrogens with two attached hydrogens (primary N) is 1. The van der Waals surface area contributed by atoms with E-state index in [1.54, 1.807) is 4.57 Å². The van der Waals surface area contributed by atoms with Gasteiger partial charge in [0.15, 0.2) is 17.4 Å². The van der Waals surface area contributed by atoms with Gasteiger partial charge < -0.3 is 25.4 Å². The Labute approximate surface area is 155 Å². The highest BCUT2D eigenvalue weighted by Crippen LogP contribution is 2.36.